The maximum Gasteiger partial charge on any atom is 0.261 e. The molecule has 3 saturated heterocycles. The Kier molecular flexibility index (Phi) is 3.34. The number of hydrogen-bond donors (Lipinski definition) is 1. The highest BCUT2D eigenvalue weighted by atomic mass is 35.5. The van der Waals surface area contributed by atoms with E-state index in [0.717, 1.165) is 16.3 Å². The molecular formula is C13H17ClN2OS. The molecule has 18 heavy (non-hydrogen) atoms. The molecule has 1 aromatic heterocycles. The molecule has 2 bridgehead atoms. The van der Waals surface area contributed by atoms with Crippen LogP contribution in [-0.2, 0) is 0 Å². The van der Waals surface area contributed by atoms with Gasteiger partial charge in [-0.2, -0.15) is 0 Å². The molecule has 5 heteroatoms. The van der Waals surface area contributed by atoms with E-state index in [-0.39, 0.29) is 5.91 Å². The van der Waals surface area contributed by atoms with Gasteiger partial charge in [-0.15, -0.1) is 11.3 Å². The Balaban J connectivity index is 1.67. The highest BCUT2D eigenvalue weighted by Gasteiger charge is 2.35. The molecule has 1 unspecified atom stereocenters. The van der Waals surface area contributed by atoms with Gasteiger partial charge < -0.3 is 10.2 Å². The van der Waals surface area contributed by atoms with Crippen molar-refractivity contribution in [2.45, 2.75) is 25.8 Å². The van der Waals surface area contributed by atoms with Crippen LogP contribution in [0.3, 0.4) is 0 Å². The van der Waals surface area contributed by atoms with Gasteiger partial charge >= 0.3 is 0 Å². The molecule has 3 fully saturated rings. The summed E-state index contributed by atoms with van der Waals surface area (Å²) in [4.78, 5) is 16.4. The zero-order chi connectivity index (χ0) is 12.7. The van der Waals surface area contributed by atoms with Crippen molar-refractivity contribution in [1.29, 1.82) is 0 Å². The fourth-order valence-corrected chi connectivity index (χ4v) is 4.04. The topological polar surface area (TPSA) is 32.3 Å². The molecular weight excluding hydrogens is 268 g/mol. The number of aryl methyl sites for hydroxylation is 1. The van der Waals surface area contributed by atoms with E-state index in [1.807, 2.05) is 6.92 Å². The first-order valence-corrected chi connectivity index (χ1v) is 7.62. The fourth-order valence-electron chi connectivity index (χ4n) is 2.94. The van der Waals surface area contributed by atoms with Crippen molar-refractivity contribution >= 4 is 28.8 Å². The minimum atomic E-state index is 0.0359. The molecule has 4 heterocycles. The quantitative estimate of drug-likeness (QED) is 0.905. The van der Waals surface area contributed by atoms with Crippen LogP contribution in [0.25, 0.3) is 0 Å². The normalized spacial score (nSPS) is 30.4. The van der Waals surface area contributed by atoms with Gasteiger partial charge in [-0.25, -0.2) is 0 Å². The van der Waals surface area contributed by atoms with E-state index in [4.69, 9.17) is 11.6 Å². The Labute approximate surface area is 116 Å². The van der Waals surface area contributed by atoms with Crippen LogP contribution in [0.5, 0.6) is 0 Å². The fraction of sp³-hybridized carbons (Fsp3) is 0.615. The van der Waals surface area contributed by atoms with Gasteiger partial charge in [-0.1, -0.05) is 11.6 Å². The average Bonchev–Trinajstić information content (AvgIpc) is 2.71. The molecule has 1 aromatic rings. The molecule has 1 atom stereocenters. The molecule has 0 saturated carbocycles. The summed E-state index contributed by atoms with van der Waals surface area (Å²) in [5.41, 5.74) is 0. The van der Waals surface area contributed by atoms with E-state index in [9.17, 15) is 4.79 Å². The maximum atomic E-state index is 12.2. The van der Waals surface area contributed by atoms with Gasteiger partial charge in [-0.05, 0) is 44.8 Å². The molecule has 98 valence electrons. The maximum absolute atomic E-state index is 12.2. The lowest BCUT2D eigenvalue weighted by atomic mass is 9.84. The summed E-state index contributed by atoms with van der Waals surface area (Å²) in [6, 6.07) is 2.10. The lowest BCUT2D eigenvalue weighted by Gasteiger charge is -2.44. The molecule has 0 spiro atoms. The van der Waals surface area contributed by atoms with Crippen molar-refractivity contribution in [2.24, 2.45) is 5.92 Å². The monoisotopic (exact) mass is 284 g/mol. The smallest absolute Gasteiger partial charge is 0.261 e. The summed E-state index contributed by atoms with van der Waals surface area (Å²) in [6.07, 6.45) is 2.43. The van der Waals surface area contributed by atoms with Crippen LogP contribution in [0, 0.1) is 12.8 Å². The van der Waals surface area contributed by atoms with E-state index in [2.05, 4.69) is 10.2 Å². The number of amides is 1. The van der Waals surface area contributed by atoms with Crippen LogP contribution in [-0.4, -0.2) is 36.5 Å². The lowest BCUT2D eigenvalue weighted by molar-refractivity contribution is 0.0622. The second kappa shape index (κ2) is 4.83. The molecule has 0 aliphatic carbocycles. The summed E-state index contributed by atoms with van der Waals surface area (Å²) in [5.74, 6) is 0.698. The van der Waals surface area contributed by atoms with Gasteiger partial charge in [0.15, 0.2) is 0 Å². The van der Waals surface area contributed by atoms with Gasteiger partial charge in [-0.3, -0.25) is 4.79 Å². The Morgan fingerprint density at radius 2 is 2.22 bits per heavy atom. The molecule has 1 amide bonds. The molecule has 3 nitrogen and oxygen atoms in total. The van der Waals surface area contributed by atoms with Crippen molar-refractivity contribution in [1.82, 2.24) is 10.2 Å². The SMILES string of the molecule is Cc1sc(C(=O)NC2CN3CCC2CC3)cc1Cl. The number of hydrogen-bond acceptors (Lipinski definition) is 3. The van der Waals surface area contributed by atoms with E-state index < -0.39 is 0 Å². The molecule has 0 radical (unpaired) electrons. The minimum Gasteiger partial charge on any atom is -0.347 e. The Morgan fingerprint density at radius 1 is 1.50 bits per heavy atom. The number of rotatable bonds is 2. The number of halogens is 1. The van der Waals surface area contributed by atoms with Gasteiger partial charge in [0, 0.05) is 17.5 Å². The van der Waals surface area contributed by atoms with Crippen molar-refractivity contribution in [3.63, 3.8) is 0 Å². The van der Waals surface area contributed by atoms with Crippen molar-refractivity contribution in [3.8, 4) is 0 Å². The summed E-state index contributed by atoms with van der Waals surface area (Å²) in [5, 5.41) is 3.87. The standard InChI is InChI=1S/C13H17ClN2OS/c1-8-10(14)6-12(18-8)13(17)15-11-7-16-4-2-9(11)3-5-16/h6,9,11H,2-5,7H2,1H3,(H,15,17). The summed E-state index contributed by atoms with van der Waals surface area (Å²) >= 11 is 7.47. The van der Waals surface area contributed by atoms with Crippen molar-refractivity contribution in [2.75, 3.05) is 19.6 Å². The number of nitrogens with one attached hydrogen (secondary N) is 1. The largest absolute Gasteiger partial charge is 0.347 e. The number of piperidine rings is 3. The predicted molar refractivity (Wildman–Crippen MR) is 74.5 cm³/mol. The number of nitrogens with zero attached hydrogens (tertiary/aromatic N) is 1. The number of carbonyl (C=O) groups is 1. The van der Waals surface area contributed by atoms with E-state index in [1.165, 1.54) is 37.3 Å². The van der Waals surface area contributed by atoms with Gasteiger partial charge in [0.1, 0.15) is 0 Å². The summed E-state index contributed by atoms with van der Waals surface area (Å²) in [6.45, 7) is 5.34. The predicted octanol–water partition coefficient (Wildman–Crippen LogP) is 2.53. The first kappa shape index (κ1) is 12.5. The van der Waals surface area contributed by atoms with Crippen molar-refractivity contribution in [3.05, 3.63) is 20.8 Å². The third-order valence-corrected chi connectivity index (χ3v) is 5.61. The van der Waals surface area contributed by atoms with Crippen molar-refractivity contribution < 1.29 is 4.79 Å². The highest BCUT2D eigenvalue weighted by Crippen LogP contribution is 2.29. The number of thiophene rings is 1. The van der Waals surface area contributed by atoms with Gasteiger partial charge in [0.2, 0.25) is 0 Å². The van der Waals surface area contributed by atoms with E-state index in [1.54, 1.807) is 6.07 Å². The molecule has 0 aromatic carbocycles. The number of fused-ring (bicyclic) bond motifs is 3. The molecule has 3 aliphatic rings. The Hall–Kier alpha value is -0.580. The molecule has 4 rings (SSSR count). The van der Waals surface area contributed by atoms with Crippen LogP contribution in [0.4, 0.5) is 0 Å². The zero-order valence-corrected chi connectivity index (χ0v) is 12.0. The zero-order valence-electron chi connectivity index (χ0n) is 10.4. The Morgan fingerprint density at radius 3 is 2.72 bits per heavy atom. The number of carbonyl (C=O) groups excluding carboxylic acids is 1. The van der Waals surface area contributed by atoms with Crippen LogP contribution >= 0.6 is 22.9 Å². The Bertz CT molecular complexity index is 446. The van der Waals surface area contributed by atoms with Crippen LogP contribution < -0.4 is 5.32 Å². The van der Waals surface area contributed by atoms with Crippen LogP contribution in [0.2, 0.25) is 5.02 Å². The van der Waals surface area contributed by atoms with E-state index >= 15 is 0 Å². The molecule has 3 aliphatic heterocycles. The first-order valence-electron chi connectivity index (χ1n) is 6.42. The van der Waals surface area contributed by atoms with Crippen LogP contribution in [0.1, 0.15) is 27.4 Å². The summed E-state index contributed by atoms with van der Waals surface area (Å²) in [7, 11) is 0. The molecule has 1 N–H and O–H groups in total. The van der Waals surface area contributed by atoms with E-state index in [0.29, 0.717) is 17.0 Å². The first-order chi connectivity index (χ1) is 8.63. The van der Waals surface area contributed by atoms with Crippen LogP contribution in [0.15, 0.2) is 6.07 Å². The van der Waals surface area contributed by atoms with Gasteiger partial charge in [0.05, 0.1) is 9.90 Å². The highest BCUT2D eigenvalue weighted by molar-refractivity contribution is 7.14. The second-order valence-electron chi connectivity index (χ2n) is 5.23. The average molecular weight is 285 g/mol. The summed E-state index contributed by atoms with van der Waals surface area (Å²) < 4.78 is 0. The third-order valence-electron chi connectivity index (χ3n) is 4.05. The lowest BCUT2D eigenvalue weighted by Crippen LogP contribution is -2.57. The minimum absolute atomic E-state index is 0.0359. The third kappa shape index (κ3) is 2.29. The second-order valence-corrected chi connectivity index (χ2v) is 6.90. The van der Waals surface area contributed by atoms with Gasteiger partial charge in [0.25, 0.3) is 5.91 Å².